The SMILES string of the molecule is CCCOc1ccc(C(=O)N2CCCCC2CCN2CCCCCC2)cc1. The van der Waals surface area contributed by atoms with E-state index in [4.69, 9.17) is 4.74 Å². The molecule has 0 radical (unpaired) electrons. The summed E-state index contributed by atoms with van der Waals surface area (Å²) in [4.78, 5) is 17.9. The van der Waals surface area contributed by atoms with E-state index in [9.17, 15) is 4.79 Å². The molecule has 2 saturated heterocycles. The molecule has 0 saturated carbocycles. The first kappa shape index (κ1) is 20.2. The molecule has 0 N–H and O–H groups in total. The zero-order valence-electron chi connectivity index (χ0n) is 17.0. The van der Waals surface area contributed by atoms with Crippen molar-refractivity contribution in [3.05, 3.63) is 29.8 Å². The third-order valence-electron chi connectivity index (χ3n) is 5.94. The largest absolute Gasteiger partial charge is 0.494 e. The van der Waals surface area contributed by atoms with E-state index in [-0.39, 0.29) is 5.91 Å². The van der Waals surface area contributed by atoms with Gasteiger partial charge in [-0.15, -0.1) is 0 Å². The monoisotopic (exact) mass is 372 g/mol. The highest BCUT2D eigenvalue weighted by Gasteiger charge is 2.27. The first-order chi connectivity index (χ1) is 13.3. The molecule has 4 heteroatoms. The Bertz CT molecular complexity index is 564. The number of carbonyl (C=O) groups excluding carboxylic acids is 1. The van der Waals surface area contributed by atoms with Crippen molar-refractivity contribution >= 4 is 5.91 Å². The molecular weight excluding hydrogens is 336 g/mol. The molecule has 2 fully saturated rings. The van der Waals surface area contributed by atoms with Crippen molar-refractivity contribution in [2.75, 3.05) is 32.8 Å². The molecule has 1 aromatic carbocycles. The summed E-state index contributed by atoms with van der Waals surface area (Å²) in [6, 6.07) is 8.10. The topological polar surface area (TPSA) is 32.8 Å². The molecule has 27 heavy (non-hydrogen) atoms. The third kappa shape index (κ3) is 5.97. The first-order valence-electron chi connectivity index (χ1n) is 11.0. The van der Waals surface area contributed by atoms with Gasteiger partial charge in [-0.05, 0) is 82.3 Å². The van der Waals surface area contributed by atoms with Crippen molar-refractivity contribution in [1.82, 2.24) is 9.80 Å². The fraction of sp³-hybridized carbons (Fsp3) is 0.696. The fourth-order valence-corrected chi connectivity index (χ4v) is 4.34. The van der Waals surface area contributed by atoms with Crippen LogP contribution in [-0.4, -0.2) is 54.5 Å². The Morgan fingerprint density at radius 1 is 1.00 bits per heavy atom. The van der Waals surface area contributed by atoms with Gasteiger partial charge in [0.1, 0.15) is 5.75 Å². The van der Waals surface area contributed by atoms with Gasteiger partial charge in [0.25, 0.3) is 5.91 Å². The summed E-state index contributed by atoms with van der Waals surface area (Å²) < 4.78 is 5.64. The van der Waals surface area contributed by atoms with Gasteiger partial charge in [0, 0.05) is 24.7 Å². The molecule has 1 unspecified atom stereocenters. The number of benzene rings is 1. The van der Waals surface area contributed by atoms with Crippen LogP contribution in [0.2, 0.25) is 0 Å². The van der Waals surface area contributed by atoms with E-state index in [1.165, 1.54) is 45.2 Å². The van der Waals surface area contributed by atoms with Gasteiger partial charge in [-0.2, -0.15) is 0 Å². The highest BCUT2D eigenvalue weighted by Crippen LogP contribution is 2.24. The average molecular weight is 373 g/mol. The molecule has 1 amide bonds. The standard InChI is InChI=1S/C23H36N2O2/c1-2-19-27-22-12-10-20(11-13-22)23(26)25-17-8-5-9-21(25)14-18-24-15-6-3-4-7-16-24/h10-13,21H,2-9,14-19H2,1H3. The van der Waals surface area contributed by atoms with Crippen molar-refractivity contribution in [2.24, 2.45) is 0 Å². The lowest BCUT2D eigenvalue weighted by Gasteiger charge is -2.37. The molecule has 0 bridgehead atoms. The molecule has 2 aliphatic heterocycles. The quantitative estimate of drug-likeness (QED) is 0.693. The van der Waals surface area contributed by atoms with E-state index < -0.39 is 0 Å². The van der Waals surface area contributed by atoms with E-state index in [1.54, 1.807) is 0 Å². The highest BCUT2D eigenvalue weighted by molar-refractivity contribution is 5.94. The second-order valence-electron chi connectivity index (χ2n) is 8.07. The molecule has 0 aromatic heterocycles. The lowest BCUT2D eigenvalue weighted by Crippen LogP contribution is -2.45. The zero-order chi connectivity index (χ0) is 18.9. The van der Waals surface area contributed by atoms with Crippen LogP contribution in [0.1, 0.15) is 75.1 Å². The van der Waals surface area contributed by atoms with E-state index in [1.807, 2.05) is 24.3 Å². The van der Waals surface area contributed by atoms with Gasteiger partial charge in [-0.3, -0.25) is 4.79 Å². The molecule has 0 aliphatic carbocycles. The maximum absolute atomic E-state index is 13.1. The predicted molar refractivity (Wildman–Crippen MR) is 110 cm³/mol. The van der Waals surface area contributed by atoms with Gasteiger partial charge in [0.2, 0.25) is 0 Å². The molecule has 2 aliphatic rings. The lowest BCUT2D eigenvalue weighted by molar-refractivity contribution is 0.0584. The summed E-state index contributed by atoms with van der Waals surface area (Å²) in [5.74, 6) is 1.04. The molecular formula is C23H36N2O2. The van der Waals surface area contributed by atoms with Crippen LogP contribution in [0.4, 0.5) is 0 Å². The van der Waals surface area contributed by atoms with Crippen LogP contribution in [0.5, 0.6) is 5.75 Å². The van der Waals surface area contributed by atoms with E-state index >= 15 is 0 Å². The Morgan fingerprint density at radius 2 is 1.70 bits per heavy atom. The summed E-state index contributed by atoms with van der Waals surface area (Å²) in [6.45, 7) is 7.33. The van der Waals surface area contributed by atoms with Gasteiger partial charge in [0.15, 0.2) is 0 Å². The Hall–Kier alpha value is -1.55. The number of amides is 1. The smallest absolute Gasteiger partial charge is 0.254 e. The average Bonchev–Trinajstić information content (AvgIpc) is 3.00. The van der Waals surface area contributed by atoms with Crippen LogP contribution in [0.15, 0.2) is 24.3 Å². The number of ether oxygens (including phenoxy) is 1. The van der Waals surface area contributed by atoms with Crippen LogP contribution < -0.4 is 4.74 Å². The molecule has 150 valence electrons. The van der Waals surface area contributed by atoms with Gasteiger partial charge in [-0.25, -0.2) is 0 Å². The molecule has 3 rings (SSSR count). The number of likely N-dealkylation sites (tertiary alicyclic amines) is 2. The van der Waals surface area contributed by atoms with Crippen LogP contribution >= 0.6 is 0 Å². The Morgan fingerprint density at radius 3 is 2.41 bits per heavy atom. The normalized spacial score (nSPS) is 21.7. The van der Waals surface area contributed by atoms with Gasteiger partial charge >= 0.3 is 0 Å². The Labute approximate surface area is 164 Å². The third-order valence-corrected chi connectivity index (χ3v) is 5.94. The Kier molecular flexibility index (Phi) is 8.00. The van der Waals surface area contributed by atoms with Crippen LogP contribution in [0, 0.1) is 0 Å². The second-order valence-corrected chi connectivity index (χ2v) is 8.07. The minimum absolute atomic E-state index is 0.192. The summed E-state index contributed by atoms with van der Waals surface area (Å²) in [5.41, 5.74) is 0.792. The minimum atomic E-state index is 0.192. The molecule has 2 heterocycles. The Balaban J connectivity index is 1.57. The number of rotatable bonds is 7. The molecule has 1 aromatic rings. The van der Waals surface area contributed by atoms with Gasteiger partial charge in [0.05, 0.1) is 6.61 Å². The van der Waals surface area contributed by atoms with Crippen molar-refractivity contribution in [3.63, 3.8) is 0 Å². The fourth-order valence-electron chi connectivity index (χ4n) is 4.34. The molecule has 1 atom stereocenters. The second kappa shape index (κ2) is 10.7. The van der Waals surface area contributed by atoms with Gasteiger partial charge < -0.3 is 14.5 Å². The van der Waals surface area contributed by atoms with Crippen LogP contribution in [0.25, 0.3) is 0 Å². The van der Waals surface area contributed by atoms with Crippen LogP contribution in [0.3, 0.4) is 0 Å². The maximum Gasteiger partial charge on any atom is 0.254 e. The number of piperidine rings is 1. The lowest BCUT2D eigenvalue weighted by atomic mass is 9.97. The number of hydrogen-bond acceptors (Lipinski definition) is 3. The van der Waals surface area contributed by atoms with E-state index in [0.717, 1.165) is 56.7 Å². The van der Waals surface area contributed by atoms with Crippen molar-refractivity contribution in [2.45, 2.75) is 70.8 Å². The molecule has 0 spiro atoms. The minimum Gasteiger partial charge on any atom is -0.494 e. The van der Waals surface area contributed by atoms with Gasteiger partial charge in [-0.1, -0.05) is 19.8 Å². The number of carbonyl (C=O) groups is 1. The van der Waals surface area contributed by atoms with E-state index in [0.29, 0.717) is 6.04 Å². The first-order valence-corrected chi connectivity index (χ1v) is 11.0. The van der Waals surface area contributed by atoms with Crippen LogP contribution in [-0.2, 0) is 0 Å². The van der Waals surface area contributed by atoms with Crippen molar-refractivity contribution < 1.29 is 9.53 Å². The predicted octanol–water partition coefficient (Wildman–Crippen LogP) is 4.74. The highest BCUT2D eigenvalue weighted by atomic mass is 16.5. The van der Waals surface area contributed by atoms with Crippen molar-refractivity contribution in [3.8, 4) is 5.75 Å². The van der Waals surface area contributed by atoms with Crippen molar-refractivity contribution in [1.29, 1.82) is 0 Å². The zero-order valence-corrected chi connectivity index (χ0v) is 17.0. The summed E-state index contributed by atoms with van der Waals surface area (Å²) in [7, 11) is 0. The number of hydrogen-bond donors (Lipinski definition) is 0. The maximum atomic E-state index is 13.1. The summed E-state index contributed by atoms with van der Waals surface area (Å²) in [5, 5.41) is 0. The number of nitrogens with zero attached hydrogens (tertiary/aromatic N) is 2. The molecule has 4 nitrogen and oxygen atoms in total. The summed E-state index contributed by atoms with van der Waals surface area (Å²) >= 11 is 0. The summed E-state index contributed by atoms with van der Waals surface area (Å²) in [6.07, 6.45) is 11.1. The van der Waals surface area contributed by atoms with E-state index in [2.05, 4.69) is 16.7 Å².